The Morgan fingerprint density at radius 3 is 2.50 bits per heavy atom. The van der Waals surface area contributed by atoms with Crippen molar-refractivity contribution in [3.8, 4) is 23.3 Å². The van der Waals surface area contributed by atoms with Crippen molar-refractivity contribution in [3.05, 3.63) is 83.1 Å². The highest BCUT2D eigenvalue weighted by Gasteiger charge is 2.23. The number of ether oxygens (including phenoxy) is 2. The lowest BCUT2D eigenvalue weighted by molar-refractivity contribution is -0.125. The Morgan fingerprint density at radius 2 is 1.83 bits per heavy atom. The largest absolute Gasteiger partial charge is 0.457 e. The number of aromatic nitrogens is 4. The van der Waals surface area contributed by atoms with Gasteiger partial charge in [0.1, 0.15) is 35.0 Å². The number of carbonyl (C=O) groups is 1. The molecule has 0 radical (unpaired) electrons. The van der Waals surface area contributed by atoms with Gasteiger partial charge < -0.3 is 25.4 Å². The molecular weight excluding hydrogens is 536 g/mol. The lowest BCUT2D eigenvalue weighted by Crippen LogP contribution is -2.41. The fourth-order valence-corrected chi connectivity index (χ4v) is 4.42. The van der Waals surface area contributed by atoms with Crippen LogP contribution in [0.15, 0.2) is 77.4 Å². The molecule has 4 rings (SSSR count). The standard InChI is InChI=1S/C30H34N8O4/c1-30(2,35-14-17-41-4)18-21(19-31)28(39)36(3)15-16-37-27-25(26(32)33-20-34-27)38(29(37)40)22-10-12-24(13-11-22)42-23-8-6-5-7-9-23/h5-13,18,20,35H,14-17H2,1-4H3,(H2,32,33,34). The molecule has 42 heavy (non-hydrogen) atoms. The summed E-state index contributed by atoms with van der Waals surface area (Å²) in [6.45, 7) is 5.05. The fraction of sp³-hybridized carbons (Fsp3) is 0.300. The van der Waals surface area contributed by atoms with E-state index in [1.54, 1.807) is 44.5 Å². The number of nitrogens with one attached hydrogen (secondary N) is 1. The number of anilines is 1. The fourth-order valence-electron chi connectivity index (χ4n) is 4.42. The Hall–Kier alpha value is -4.99. The summed E-state index contributed by atoms with van der Waals surface area (Å²) in [5.41, 5.74) is 6.43. The summed E-state index contributed by atoms with van der Waals surface area (Å²) in [5.74, 6) is 0.974. The highest BCUT2D eigenvalue weighted by atomic mass is 16.5. The van der Waals surface area contributed by atoms with E-state index >= 15 is 0 Å². The first-order chi connectivity index (χ1) is 20.1. The Balaban J connectivity index is 1.57. The maximum Gasteiger partial charge on any atom is 0.335 e. The first-order valence-electron chi connectivity index (χ1n) is 13.3. The molecule has 12 heteroatoms. The summed E-state index contributed by atoms with van der Waals surface area (Å²) in [6, 6.07) is 18.4. The number of nitrogens with zero attached hydrogens (tertiary/aromatic N) is 6. The summed E-state index contributed by atoms with van der Waals surface area (Å²) >= 11 is 0. The van der Waals surface area contributed by atoms with Crippen molar-refractivity contribution < 1.29 is 14.3 Å². The van der Waals surface area contributed by atoms with Crippen LogP contribution in [0, 0.1) is 11.3 Å². The summed E-state index contributed by atoms with van der Waals surface area (Å²) in [6.07, 6.45) is 2.89. The van der Waals surface area contributed by atoms with Gasteiger partial charge in [-0.1, -0.05) is 18.2 Å². The molecule has 2 aromatic carbocycles. The Kier molecular flexibility index (Phi) is 9.36. The number of nitrogen functional groups attached to an aromatic ring is 1. The van der Waals surface area contributed by atoms with Crippen LogP contribution in [0.5, 0.6) is 11.5 Å². The maximum absolute atomic E-state index is 13.7. The second-order valence-corrected chi connectivity index (χ2v) is 10.1. The third kappa shape index (κ3) is 6.83. The Bertz CT molecular complexity index is 1670. The van der Waals surface area contributed by atoms with E-state index in [-0.39, 0.29) is 24.5 Å². The van der Waals surface area contributed by atoms with Crippen molar-refractivity contribution in [1.82, 2.24) is 29.3 Å². The van der Waals surface area contributed by atoms with E-state index in [0.29, 0.717) is 41.5 Å². The monoisotopic (exact) mass is 570 g/mol. The lowest BCUT2D eigenvalue weighted by Gasteiger charge is -2.24. The molecule has 0 saturated heterocycles. The molecule has 0 aliphatic carbocycles. The molecule has 0 bridgehead atoms. The van der Waals surface area contributed by atoms with E-state index in [1.807, 2.05) is 50.2 Å². The molecule has 0 unspecified atom stereocenters. The Morgan fingerprint density at radius 1 is 1.14 bits per heavy atom. The smallest absolute Gasteiger partial charge is 0.335 e. The van der Waals surface area contributed by atoms with Gasteiger partial charge in [0.15, 0.2) is 11.5 Å². The summed E-state index contributed by atoms with van der Waals surface area (Å²) < 4.78 is 13.8. The zero-order valence-corrected chi connectivity index (χ0v) is 24.1. The predicted molar refractivity (Wildman–Crippen MR) is 159 cm³/mol. The molecule has 0 fully saturated rings. The number of benzene rings is 2. The number of likely N-dealkylation sites (N-methyl/N-ethyl adjacent to an activating group) is 1. The van der Waals surface area contributed by atoms with Crippen molar-refractivity contribution >= 4 is 22.9 Å². The van der Waals surface area contributed by atoms with E-state index in [0.717, 1.165) is 0 Å². The topological polar surface area (TPSA) is 153 Å². The number of fused-ring (bicyclic) bond motifs is 1. The normalized spacial score (nSPS) is 11.8. The van der Waals surface area contributed by atoms with Gasteiger partial charge in [-0.15, -0.1) is 0 Å². The number of para-hydroxylation sites is 1. The summed E-state index contributed by atoms with van der Waals surface area (Å²) in [4.78, 5) is 36.6. The van der Waals surface area contributed by atoms with Crippen molar-refractivity contribution in [2.45, 2.75) is 25.9 Å². The molecule has 4 aromatic rings. The number of rotatable bonds is 12. The SMILES string of the molecule is COCCNC(C)(C)C=C(C#N)C(=O)N(C)CCn1c(=O)n(-c2ccc(Oc3ccccc3)cc2)c2c(N)ncnc21. The van der Waals surface area contributed by atoms with E-state index in [9.17, 15) is 14.9 Å². The number of amides is 1. The molecule has 0 aliphatic heterocycles. The number of hydrogen-bond acceptors (Lipinski definition) is 9. The van der Waals surface area contributed by atoms with Gasteiger partial charge in [-0.05, 0) is 56.3 Å². The molecular formula is C30H34N8O4. The van der Waals surface area contributed by atoms with Crippen molar-refractivity contribution in [2.75, 3.05) is 39.6 Å². The molecule has 12 nitrogen and oxygen atoms in total. The molecule has 0 atom stereocenters. The van der Waals surface area contributed by atoms with Crippen LogP contribution in [0.4, 0.5) is 5.82 Å². The zero-order valence-electron chi connectivity index (χ0n) is 24.1. The number of nitrogens with two attached hydrogens (primary N) is 1. The summed E-state index contributed by atoms with van der Waals surface area (Å²) in [7, 11) is 3.18. The van der Waals surface area contributed by atoms with Gasteiger partial charge in [-0.2, -0.15) is 5.26 Å². The number of nitriles is 1. The van der Waals surface area contributed by atoms with Crippen molar-refractivity contribution in [1.29, 1.82) is 5.26 Å². The Labute approximate surface area is 243 Å². The van der Waals surface area contributed by atoms with Crippen LogP contribution in [-0.4, -0.2) is 69.3 Å². The van der Waals surface area contributed by atoms with Gasteiger partial charge in [0.25, 0.3) is 5.91 Å². The number of methoxy groups -OCH3 is 1. The molecule has 0 aliphatic rings. The van der Waals surface area contributed by atoms with Gasteiger partial charge in [-0.25, -0.2) is 14.8 Å². The van der Waals surface area contributed by atoms with Gasteiger partial charge in [-0.3, -0.25) is 13.9 Å². The van der Waals surface area contributed by atoms with E-state index in [1.165, 1.54) is 20.4 Å². The van der Waals surface area contributed by atoms with Crippen LogP contribution >= 0.6 is 0 Å². The van der Waals surface area contributed by atoms with Crippen LogP contribution in [0.25, 0.3) is 16.9 Å². The van der Waals surface area contributed by atoms with Gasteiger partial charge in [0.2, 0.25) is 0 Å². The van der Waals surface area contributed by atoms with E-state index < -0.39 is 17.1 Å². The lowest BCUT2D eigenvalue weighted by atomic mass is 10.0. The average Bonchev–Trinajstić information content (AvgIpc) is 3.27. The zero-order chi connectivity index (χ0) is 30.3. The van der Waals surface area contributed by atoms with Crippen LogP contribution in [0.2, 0.25) is 0 Å². The predicted octanol–water partition coefficient (Wildman–Crippen LogP) is 2.88. The first kappa shape index (κ1) is 30.0. The minimum Gasteiger partial charge on any atom is -0.457 e. The second-order valence-electron chi connectivity index (χ2n) is 10.1. The molecule has 2 aromatic heterocycles. The van der Waals surface area contributed by atoms with Crippen LogP contribution in [0.1, 0.15) is 13.8 Å². The van der Waals surface area contributed by atoms with E-state index in [2.05, 4.69) is 15.3 Å². The average molecular weight is 571 g/mol. The van der Waals surface area contributed by atoms with Crippen LogP contribution < -0.4 is 21.5 Å². The third-order valence-corrected chi connectivity index (χ3v) is 6.56. The number of carbonyl (C=O) groups excluding carboxylic acids is 1. The van der Waals surface area contributed by atoms with Crippen molar-refractivity contribution in [2.24, 2.45) is 0 Å². The van der Waals surface area contributed by atoms with Crippen molar-refractivity contribution in [3.63, 3.8) is 0 Å². The molecule has 0 spiro atoms. The minimum absolute atomic E-state index is 0.00780. The molecule has 0 saturated carbocycles. The highest BCUT2D eigenvalue weighted by molar-refractivity contribution is 5.97. The van der Waals surface area contributed by atoms with Gasteiger partial charge in [0, 0.05) is 39.3 Å². The third-order valence-electron chi connectivity index (χ3n) is 6.56. The second kappa shape index (κ2) is 13.1. The maximum atomic E-state index is 13.7. The van der Waals surface area contributed by atoms with Gasteiger partial charge >= 0.3 is 5.69 Å². The minimum atomic E-state index is -0.611. The number of hydrogen-bond donors (Lipinski definition) is 2. The summed E-state index contributed by atoms with van der Waals surface area (Å²) in [5, 5.41) is 12.9. The quantitative estimate of drug-likeness (QED) is 0.149. The molecule has 3 N–H and O–H groups in total. The molecule has 218 valence electrons. The van der Waals surface area contributed by atoms with E-state index in [4.69, 9.17) is 15.2 Å². The van der Waals surface area contributed by atoms with Crippen LogP contribution in [0.3, 0.4) is 0 Å². The molecule has 2 heterocycles. The molecule has 1 amide bonds. The van der Waals surface area contributed by atoms with Gasteiger partial charge in [0.05, 0.1) is 12.3 Å². The highest BCUT2D eigenvalue weighted by Crippen LogP contribution is 2.25. The first-order valence-corrected chi connectivity index (χ1v) is 13.3. The number of imidazole rings is 1. The van der Waals surface area contributed by atoms with Crippen LogP contribution in [-0.2, 0) is 16.1 Å².